The Morgan fingerprint density at radius 3 is 1.25 bits per heavy atom. The van der Waals surface area contributed by atoms with Crippen molar-refractivity contribution in [1.29, 1.82) is 0 Å². The number of rotatable bonds is 10. The van der Waals surface area contributed by atoms with E-state index in [1.54, 1.807) is 0 Å². The number of carboxylic acids is 2. The Kier molecular flexibility index (Phi) is 7.59. The number of carboxylic acid groups (broad SMARTS) is 2. The van der Waals surface area contributed by atoms with Crippen LogP contribution in [-0.4, -0.2) is 63.9 Å². The molecule has 32 heavy (non-hydrogen) atoms. The summed E-state index contributed by atoms with van der Waals surface area (Å²) in [6, 6.07) is 0. The smallest absolute Gasteiger partial charge is 0.460 e. The number of allylic oxidation sites excluding steroid dienone is 1. The molecule has 2 N–H and O–H groups in total. The summed E-state index contributed by atoms with van der Waals surface area (Å²) in [6.07, 6.45) is -13.2. The number of hydrogen-bond acceptors (Lipinski definition) is 2. The summed E-state index contributed by atoms with van der Waals surface area (Å²) in [4.78, 5) is 20.9. The molecule has 0 aliphatic rings. The summed E-state index contributed by atoms with van der Waals surface area (Å²) in [7, 11) is 0. The lowest BCUT2D eigenvalue weighted by molar-refractivity contribution is -0.452. The van der Waals surface area contributed by atoms with Gasteiger partial charge in [0.15, 0.2) is 0 Å². The first kappa shape index (κ1) is 29.6. The molecular weight excluding hydrogens is 505 g/mol. The highest BCUT2D eigenvalue weighted by Crippen LogP contribution is 2.62. The molecule has 0 heterocycles. The molecule has 0 unspecified atom stereocenters. The molecule has 0 aromatic rings. The molecule has 19 heteroatoms. The Morgan fingerprint density at radius 1 is 0.594 bits per heavy atom. The molecule has 0 atom stereocenters. The predicted octanol–water partition coefficient (Wildman–Crippen LogP) is 5.24. The molecule has 0 saturated heterocycles. The minimum atomic E-state index is -8.45. The van der Waals surface area contributed by atoms with E-state index >= 15 is 0 Å². The molecule has 0 bridgehead atoms. The van der Waals surface area contributed by atoms with Gasteiger partial charge >= 0.3 is 53.7 Å². The normalized spacial score (nSPS) is 15.7. The van der Waals surface area contributed by atoms with Gasteiger partial charge in [0.05, 0.1) is 6.42 Å². The van der Waals surface area contributed by atoms with Gasteiger partial charge < -0.3 is 10.2 Å². The van der Waals surface area contributed by atoms with Crippen LogP contribution in [0.3, 0.4) is 0 Å². The van der Waals surface area contributed by atoms with Crippen LogP contribution in [0.25, 0.3) is 0 Å². The van der Waals surface area contributed by atoms with Crippen molar-refractivity contribution in [1.82, 2.24) is 0 Å². The monoisotopic (exact) mass is 512 g/mol. The number of halogens is 15. The molecule has 0 aromatic heterocycles. The van der Waals surface area contributed by atoms with E-state index in [0.29, 0.717) is 0 Å². The van der Waals surface area contributed by atoms with Crippen LogP contribution in [0.4, 0.5) is 65.9 Å². The summed E-state index contributed by atoms with van der Waals surface area (Å²) in [5.74, 6) is -52.2. The maximum Gasteiger partial charge on any atom is 0.460 e. The maximum absolute atomic E-state index is 13.5. The zero-order chi connectivity index (χ0) is 26.4. The predicted molar refractivity (Wildman–Crippen MR) is 68.3 cm³/mol. The minimum absolute atomic E-state index is 0.707. The van der Waals surface area contributed by atoms with Crippen LogP contribution < -0.4 is 0 Å². The average Bonchev–Trinajstić information content (AvgIpc) is 2.56. The second-order valence-electron chi connectivity index (χ2n) is 5.88. The highest BCUT2D eigenvalue weighted by Gasteiger charge is 2.93. The van der Waals surface area contributed by atoms with Crippen molar-refractivity contribution < 1.29 is 85.7 Å². The number of hydrogen-bond donors (Lipinski definition) is 2. The molecule has 0 aliphatic carbocycles. The summed E-state index contributed by atoms with van der Waals surface area (Å²) < 4.78 is 194. The van der Waals surface area contributed by atoms with Gasteiger partial charge in [-0.1, -0.05) is 6.08 Å². The SMILES string of the molecule is O=C(O)CC(=CCC(F)(F)C(F)(F)C(F)(F)C(F)(F)C(F)(F)C(F)(F)C(F)(F)F)C(=O)O. The van der Waals surface area contributed by atoms with E-state index in [2.05, 4.69) is 0 Å². The lowest BCUT2D eigenvalue weighted by Crippen LogP contribution is -2.72. The lowest BCUT2D eigenvalue weighted by Gasteiger charge is -2.41. The molecule has 0 aliphatic heterocycles. The van der Waals surface area contributed by atoms with E-state index in [0.717, 1.165) is 0 Å². The maximum atomic E-state index is 13.5. The van der Waals surface area contributed by atoms with Crippen LogP contribution in [0.15, 0.2) is 11.6 Å². The van der Waals surface area contributed by atoms with E-state index in [1.165, 1.54) is 0 Å². The zero-order valence-corrected chi connectivity index (χ0v) is 14.4. The molecule has 0 saturated carbocycles. The van der Waals surface area contributed by atoms with Crippen molar-refractivity contribution in [3.63, 3.8) is 0 Å². The van der Waals surface area contributed by atoms with Crippen molar-refractivity contribution in [2.75, 3.05) is 0 Å². The van der Waals surface area contributed by atoms with Gasteiger partial charge in [0.25, 0.3) is 0 Å². The van der Waals surface area contributed by atoms with Gasteiger partial charge in [0.1, 0.15) is 0 Å². The Morgan fingerprint density at radius 2 is 0.938 bits per heavy atom. The van der Waals surface area contributed by atoms with Crippen molar-refractivity contribution in [2.45, 2.75) is 54.6 Å². The number of alkyl halides is 15. The third kappa shape index (κ3) is 4.55. The topological polar surface area (TPSA) is 74.6 Å². The second kappa shape index (κ2) is 8.20. The van der Waals surface area contributed by atoms with E-state index in [9.17, 15) is 75.4 Å². The largest absolute Gasteiger partial charge is 0.481 e. The fourth-order valence-electron chi connectivity index (χ4n) is 1.78. The third-order valence-corrected chi connectivity index (χ3v) is 3.61. The van der Waals surface area contributed by atoms with Gasteiger partial charge in [-0.3, -0.25) is 4.79 Å². The van der Waals surface area contributed by atoms with Gasteiger partial charge in [-0.05, 0) is 0 Å². The van der Waals surface area contributed by atoms with E-state index in [-0.39, 0.29) is 0 Å². The van der Waals surface area contributed by atoms with Crippen LogP contribution in [0, 0.1) is 0 Å². The molecule has 0 amide bonds. The molecule has 0 fully saturated rings. The van der Waals surface area contributed by atoms with Crippen molar-refractivity contribution in [3.05, 3.63) is 11.6 Å². The molecule has 0 rings (SSSR count). The molecule has 188 valence electrons. The Bertz CT molecular complexity index is 766. The number of aliphatic carboxylic acids is 2. The van der Waals surface area contributed by atoms with Crippen molar-refractivity contribution in [2.24, 2.45) is 0 Å². The quantitative estimate of drug-likeness (QED) is 0.311. The first-order valence-corrected chi connectivity index (χ1v) is 7.20. The molecule has 0 spiro atoms. The average molecular weight is 512 g/mol. The van der Waals surface area contributed by atoms with Gasteiger partial charge in [-0.15, -0.1) is 0 Å². The molecular formula is C13H7F15O4. The van der Waals surface area contributed by atoms with Gasteiger partial charge in [0, 0.05) is 12.0 Å². The van der Waals surface area contributed by atoms with Gasteiger partial charge in [-0.25, -0.2) is 4.79 Å². The molecule has 0 aromatic carbocycles. The lowest BCUT2D eigenvalue weighted by atomic mass is 9.90. The van der Waals surface area contributed by atoms with Crippen LogP contribution >= 0.6 is 0 Å². The number of carbonyl (C=O) groups is 2. The second-order valence-corrected chi connectivity index (χ2v) is 5.88. The first-order valence-electron chi connectivity index (χ1n) is 7.20. The van der Waals surface area contributed by atoms with Crippen LogP contribution in [0.5, 0.6) is 0 Å². The highest BCUT2D eigenvalue weighted by molar-refractivity contribution is 5.92. The van der Waals surface area contributed by atoms with Crippen LogP contribution in [0.2, 0.25) is 0 Å². The van der Waals surface area contributed by atoms with E-state index in [1.807, 2.05) is 0 Å². The Labute approximate surface area is 165 Å². The van der Waals surface area contributed by atoms with E-state index < -0.39 is 78.1 Å². The fraction of sp³-hybridized carbons (Fsp3) is 0.692. The van der Waals surface area contributed by atoms with Crippen molar-refractivity contribution >= 4 is 11.9 Å². The summed E-state index contributed by atoms with van der Waals surface area (Å²) in [5, 5.41) is 16.7. The fourth-order valence-corrected chi connectivity index (χ4v) is 1.78. The minimum Gasteiger partial charge on any atom is -0.481 e. The van der Waals surface area contributed by atoms with Crippen LogP contribution in [-0.2, 0) is 9.59 Å². The standard InChI is InChI=1S/C13H7F15O4/c14-7(15,2-1-4(6(31)32)3-5(29)30)8(16,17)9(18,19)10(20,21)11(22,23)12(24,25)13(26,27)28/h1H,2-3H2,(H,29,30)(H,31,32). The Balaban J connectivity index is 6.47. The van der Waals surface area contributed by atoms with E-state index in [4.69, 9.17) is 10.2 Å². The molecule has 4 nitrogen and oxygen atoms in total. The first-order chi connectivity index (χ1) is 13.7. The summed E-state index contributed by atoms with van der Waals surface area (Å²) in [6.45, 7) is 0. The summed E-state index contributed by atoms with van der Waals surface area (Å²) in [5.41, 5.74) is -1.71. The van der Waals surface area contributed by atoms with Gasteiger partial charge in [0.2, 0.25) is 0 Å². The van der Waals surface area contributed by atoms with Crippen molar-refractivity contribution in [3.8, 4) is 0 Å². The van der Waals surface area contributed by atoms with Gasteiger partial charge in [-0.2, -0.15) is 65.9 Å². The third-order valence-electron chi connectivity index (χ3n) is 3.61. The van der Waals surface area contributed by atoms with Crippen LogP contribution in [0.1, 0.15) is 12.8 Å². The Hall–Kier alpha value is -2.37. The molecule has 0 radical (unpaired) electrons. The highest BCUT2D eigenvalue weighted by atomic mass is 19.4. The zero-order valence-electron chi connectivity index (χ0n) is 14.4. The summed E-state index contributed by atoms with van der Waals surface area (Å²) >= 11 is 0.